The molecule has 5 N–H and O–H groups in total. The number of ether oxygens (including phenoxy) is 2. The Morgan fingerprint density at radius 2 is 1.73 bits per heavy atom. The van der Waals surface area contributed by atoms with Crippen molar-refractivity contribution in [3.8, 4) is 0 Å². The quantitative estimate of drug-likeness (QED) is 0.429. The smallest absolute Gasteiger partial charge is 0.162 e. The number of nitrogens with one attached hydrogen (secondary N) is 3. The van der Waals surface area contributed by atoms with E-state index < -0.39 is 0 Å². The molecule has 9 heteroatoms. The van der Waals surface area contributed by atoms with Crippen LogP contribution in [0.15, 0.2) is 101 Å². The summed E-state index contributed by atoms with van der Waals surface area (Å²) in [5.74, 6) is 1.35. The first kappa shape index (κ1) is 21.7. The number of hydrogen-bond donors (Lipinski definition) is 4. The maximum absolute atomic E-state index is 13.2. The zero-order valence-electron chi connectivity index (χ0n) is 18.1. The zero-order chi connectivity index (χ0) is 23.4. The number of methoxy groups -OCH3 is 2. The fourth-order valence-corrected chi connectivity index (χ4v) is 3.29. The van der Waals surface area contributed by atoms with Crippen LogP contribution < -0.4 is 16.4 Å². The van der Waals surface area contributed by atoms with Gasteiger partial charge < -0.3 is 25.8 Å². The molecule has 4 rings (SSSR count). The number of nitrogens with two attached hydrogens (primary N) is 1. The molecule has 1 aliphatic rings. The molecule has 3 aromatic rings. The van der Waals surface area contributed by atoms with Crippen molar-refractivity contribution in [2.75, 3.05) is 24.9 Å². The van der Waals surface area contributed by atoms with E-state index in [2.05, 4.69) is 32.4 Å². The van der Waals surface area contributed by atoms with Crippen molar-refractivity contribution in [3.05, 3.63) is 102 Å². The highest BCUT2D eigenvalue weighted by molar-refractivity contribution is 6.13. The number of aliphatic imine (C=N–C) groups is 1. The highest BCUT2D eigenvalue weighted by atomic mass is 19.1. The second-order valence-electron chi connectivity index (χ2n) is 7.13. The van der Waals surface area contributed by atoms with Gasteiger partial charge in [0.1, 0.15) is 17.5 Å². The van der Waals surface area contributed by atoms with Gasteiger partial charge in [-0.25, -0.2) is 9.38 Å². The molecule has 0 saturated heterocycles. The SMILES string of the molecule is C=C(/N=C1/C=C(OC)C(OC)=C/C1=C(/N)Nc1ccc2[nH]ncc2c1)Nc1ccc(F)cc1. The molecule has 0 amide bonds. The Balaban J connectivity index is 1.67. The standard InChI is InChI=1S/C24H23FN6O2/c1-14(28-17-6-4-16(25)5-7-17)29-21-12-23(33-3)22(32-2)11-19(21)24(26)30-18-8-9-20-15(10-18)13-27-31-20/h4-13,28,30H,1,26H2,2-3H3,(H,27,31)/b24-19+,29-21-. The van der Waals surface area contributed by atoms with E-state index in [1.165, 1.54) is 12.1 Å². The van der Waals surface area contributed by atoms with Gasteiger partial charge in [-0.1, -0.05) is 6.58 Å². The molecule has 0 atom stereocenters. The summed E-state index contributed by atoms with van der Waals surface area (Å²) in [4.78, 5) is 4.57. The second kappa shape index (κ2) is 9.31. The average Bonchev–Trinajstić information content (AvgIpc) is 3.28. The first-order valence-electron chi connectivity index (χ1n) is 9.99. The van der Waals surface area contributed by atoms with Crippen LogP contribution >= 0.6 is 0 Å². The molecule has 1 aliphatic carbocycles. The Bertz CT molecular complexity index is 1320. The van der Waals surface area contributed by atoms with Crippen LogP contribution in [0.25, 0.3) is 10.9 Å². The van der Waals surface area contributed by atoms with Gasteiger partial charge in [0, 0.05) is 28.4 Å². The predicted octanol–water partition coefficient (Wildman–Crippen LogP) is 4.38. The van der Waals surface area contributed by atoms with E-state index in [0.717, 1.165) is 16.6 Å². The molecule has 0 radical (unpaired) electrons. The van der Waals surface area contributed by atoms with Crippen LogP contribution in [0.3, 0.4) is 0 Å². The first-order chi connectivity index (χ1) is 16.0. The first-order valence-corrected chi connectivity index (χ1v) is 9.99. The minimum absolute atomic E-state index is 0.327. The average molecular weight is 446 g/mol. The summed E-state index contributed by atoms with van der Waals surface area (Å²) >= 11 is 0. The van der Waals surface area contributed by atoms with Crippen molar-refractivity contribution in [1.29, 1.82) is 0 Å². The maximum atomic E-state index is 13.2. The highest BCUT2D eigenvalue weighted by Gasteiger charge is 2.20. The van der Waals surface area contributed by atoms with Crippen molar-refractivity contribution in [2.45, 2.75) is 0 Å². The van der Waals surface area contributed by atoms with E-state index in [9.17, 15) is 4.39 Å². The Hall–Kier alpha value is -4.53. The number of allylic oxidation sites excluding steroid dienone is 3. The summed E-state index contributed by atoms with van der Waals surface area (Å²) in [5.41, 5.74) is 9.88. The van der Waals surface area contributed by atoms with E-state index in [1.54, 1.807) is 44.7 Å². The topological polar surface area (TPSA) is 110 Å². The number of aromatic amines is 1. The molecular weight excluding hydrogens is 423 g/mol. The molecule has 8 nitrogen and oxygen atoms in total. The second-order valence-corrected chi connectivity index (χ2v) is 7.13. The van der Waals surface area contributed by atoms with Gasteiger partial charge in [-0.3, -0.25) is 5.10 Å². The molecule has 0 spiro atoms. The van der Waals surface area contributed by atoms with Crippen LogP contribution in [0.4, 0.5) is 15.8 Å². The van der Waals surface area contributed by atoms with Crippen molar-refractivity contribution >= 4 is 28.0 Å². The fourth-order valence-electron chi connectivity index (χ4n) is 3.29. The number of halogens is 1. The number of anilines is 2. The van der Waals surface area contributed by atoms with Gasteiger partial charge in [-0.2, -0.15) is 5.10 Å². The number of fused-ring (bicyclic) bond motifs is 1. The number of nitrogens with zero attached hydrogens (tertiary/aromatic N) is 2. The largest absolute Gasteiger partial charge is 0.493 e. The van der Waals surface area contributed by atoms with Crippen LogP contribution in [-0.2, 0) is 9.47 Å². The number of H-pyrrole nitrogens is 1. The third-order valence-electron chi connectivity index (χ3n) is 4.90. The van der Waals surface area contributed by atoms with Gasteiger partial charge in [0.05, 0.1) is 31.6 Å². The summed E-state index contributed by atoms with van der Waals surface area (Å²) in [6.45, 7) is 3.95. The van der Waals surface area contributed by atoms with Crippen LogP contribution in [0.5, 0.6) is 0 Å². The fraction of sp³-hybridized carbons (Fsp3) is 0.0833. The molecule has 0 bridgehead atoms. The summed E-state index contributed by atoms with van der Waals surface area (Å²) in [6.07, 6.45) is 5.18. The van der Waals surface area contributed by atoms with Crippen LogP contribution in [0.1, 0.15) is 0 Å². The van der Waals surface area contributed by atoms with Crippen molar-refractivity contribution in [2.24, 2.45) is 10.7 Å². The highest BCUT2D eigenvalue weighted by Crippen LogP contribution is 2.26. The third kappa shape index (κ3) is 4.87. The Kier molecular flexibility index (Phi) is 6.12. The lowest BCUT2D eigenvalue weighted by molar-refractivity contribution is 0.220. The molecule has 1 heterocycles. The van der Waals surface area contributed by atoms with E-state index in [4.69, 9.17) is 15.2 Å². The molecular formula is C24H23FN6O2. The maximum Gasteiger partial charge on any atom is 0.162 e. The van der Waals surface area contributed by atoms with Gasteiger partial charge in [-0.15, -0.1) is 0 Å². The Morgan fingerprint density at radius 3 is 2.45 bits per heavy atom. The Morgan fingerprint density at radius 1 is 1.03 bits per heavy atom. The number of hydrogen-bond acceptors (Lipinski definition) is 7. The summed E-state index contributed by atoms with van der Waals surface area (Å²) in [6, 6.07) is 11.6. The van der Waals surface area contributed by atoms with Gasteiger partial charge in [0.25, 0.3) is 0 Å². The van der Waals surface area contributed by atoms with E-state index in [0.29, 0.717) is 40.1 Å². The molecule has 168 valence electrons. The summed E-state index contributed by atoms with van der Waals surface area (Å²) < 4.78 is 24.1. The number of rotatable bonds is 7. The van der Waals surface area contributed by atoms with Crippen LogP contribution in [0.2, 0.25) is 0 Å². The lowest BCUT2D eigenvalue weighted by Gasteiger charge is -2.20. The lowest BCUT2D eigenvalue weighted by Crippen LogP contribution is -2.20. The van der Waals surface area contributed by atoms with E-state index in [-0.39, 0.29) is 5.82 Å². The molecule has 0 unspecified atom stereocenters. The Labute approximate surface area is 190 Å². The third-order valence-corrected chi connectivity index (χ3v) is 4.90. The van der Waals surface area contributed by atoms with Crippen molar-refractivity contribution < 1.29 is 13.9 Å². The van der Waals surface area contributed by atoms with E-state index >= 15 is 0 Å². The monoisotopic (exact) mass is 446 g/mol. The molecule has 0 fully saturated rings. The van der Waals surface area contributed by atoms with Crippen molar-refractivity contribution in [3.63, 3.8) is 0 Å². The summed E-state index contributed by atoms with van der Waals surface area (Å²) in [7, 11) is 3.09. The van der Waals surface area contributed by atoms with Crippen LogP contribution in [-0.4, -0.2) is 30.1 Å². The molecule has 0 saturated carbocycles. The lowest BCUT2D eigenvalue weighted by atomic mass is 10.0. The zero-order valence-corrected chi connectivity index (χ0v) is 18.1. The van der Waals surface area contributed by atoms with Crippen LogP contribution in [0, 0.1) is 5.82 Å². The minimum atomic E-state index is -0.327. The molecule has 1 aromatic heterocycles. The molecule has 0 aliphatic heterocycles. The van der Waals surface area contributed by atoms with Gasteiger partial charge in [0.15, 0.2) is 11.5 Å². The predicted molar refractivity (Wildman–Crippen MR) is 128 cm³/mol. The molecule has 33 heavy (non-hydrogen) atoms. The van der Waals surface area contributed by atoms with E-state index in [1.807, 2.05) is 18.2 Å². The molecule has 2 aromatic carbocycles. The number of benzene rings is 2. The summed E-state index contributed by atoms with van der Waals surface area (Å²) in [5, 5.41) is 14.1. The van der Waals surface area contributed by atoms with Gasteiger partial charge in [0.2, 0.25) is 0 Å². The van der Waals surface area contributed by atoms with Gasteiger partial charge >= 0.3 is 0 Å². The number of aromatic nitrogens is 2. The van der Waals surface area contributed by atoms with Gasteiger partial charge in [-0.05, 0) is 48.5 Å². The van der Waals surface area contributed by atoms with Crippen molar-refractivity contribution in [1.82, 2.24) is 10.2 Å². The normalized spacial score (nSPS) is 16.2. The minimum Gasteiger partial charge on any atom is -0.493 e.